The third-order valence-electron chi connectivity index (χ3n) is 4.84. The fraction of sp³-hybridized carbons (Fsp3) is 0.500. The van der Waals surface area contributed by atoms with Gasteiger partial charge < -0.3 is 15.0 Å². The van der Waals surface area contributed by atoms with Crippen LogP contribution in [0.4, 0.5) is 0 Å². The number of hydrogen-bond donors (Lipinski definition) is 2. The number of nitrogens with zero attached hydrogens (tertiary/aromatic N) is 1. The van der Waals surface area contributed by atoms with Gasteiger partial charge in [-0.05, 0) is 36.1 Å². The average Bonchev–Trinajstić information content (AvgIpc) is 2.96. The predicted octanol–water partition coefficient (Wildman–Crippen LogP) is 2.57. The van der Waals surface area contributed by atoms with Crippen LogP contribution in [0.1, 0.15) is 25.1 Å². The second-order valence-corrected chi connectivity index (χ2v) is 7.12. The SMILES string of the molecule is O=C(NCc1ncc(-c2cccs2)[nH]1)C1CC12CCOCC2. The summed E-state index contributed by atoms with van der Waals surface area (Å²) in [6, 6.07) is 4.07. The third-order valence-corrected chi connectivity index (χ3v) is 5.74. The van der Waals surface area contributed by atoms with Crippen LogP contribution in [0.3, 0.4) is 0 Å². The second-order valence-electron chi connectivity index (χ2n) is 6.17. The van der Waals surface area contributed by atoms with Crippen molar-refractivity contribution in [2.75, 3.05) is 13.2 Å². The van der Waals surface area contributed by atoms with Crippen molar-refractivity contribution in [2.24, 2.45) is 11.3 Å². The number of rotatable bonds is 4. The van der Waals surface area contributed by atoms with Gasteiger partial charge in [0, 0.05) is 19.1 Å². The van der Waals surface area contributed by atoms with Crippen molar-refractivity contribution < 1.29 is 9.53 Å². The Kier molecular flexibility index (Phi) is 3.50. The van der Waals surface area contributed by atoms with E-state index >= 15 is 0 Å². The highest BCUT2D eigenvalue weighted by atomic mass is 32.1. The summed E-state index contributed by atoms with van der Waals surface area (Å²) in [7, 11) is 0. The lowest BCUT2D eigenvalue weighted by Crippen LogP contribution is -2.29. The number of H-pyrrole nitrogens is 1. The van der Waals surface area contributed by atoms with E-state index in [4.69, 9.17) is 4.74 Å². The van der Waals surface area contributed by atoms with Gasteiger partial charge in [-0.1, -0.05) is 6.07 Å². The summed E-state index contributed by atoms with van der Waals surface area (Å²) in [5, 5.41) is 5.06. The van der Waals surface area contributed by atoms with E-state index in [1.807, 2.05) is 17.6 Å². The molecule has 2 fully saturated rings. The third kappa shape index (κ3) is 2.57. The maximum Gasteiger partial charge on any atom is 0.224 e. The molecule has 6 heteroatoms. The smallest absolute Gasteiger partial charge is 0.224 e. The predicted molar refractivity (Wildman–Crippen MR) is 84.3 cm³/mol. The summed E-state index contributed by atoms with van der Waals surface area (Å²) < 4.78 is 5.39. The van der Waals surface area contributed by atoms with Crippen molar-refractivity contribution in [3.05, 3.63) is 29.5 Å². The number of aromatic amines is 1. The zero-order valence-electron chi connectivity index (χ0n) is 12.3. The van der Waals surface area contributed by atoms with Crippen LogP contribution in [0.15, 0.2) is 23.7 Å². The standard InChI is InChI=1S/C16H19N3O2S/c20-15(11-8-16(11)3-5-21-6-4-16)18-10-14-17-9-12(19-14)13-2-1-7-22-13/h1-2,7,9,11H,3-6,8,10H2,(H,17,19)(H,18,20). The van der Waals surface area contributed by atoms with Gasteiger partial charge in [-0.2, -0.15) is 0 Å². The van der Waals surface area contributed by atoms with E-state index in [1.165, 1.54) is 0 Å². The van der Waals surface area contributed by atoms with E-state index in [-0.39, 0.29) is 17.2 Å². The van der Waals surface area contributed by atoms with Gasteiger partial charge in [0.15, 0.2) is 0 Å². The molecular formula is C16H19N3O2S. The van der Waals surface area contributed by atoms with Gasteiger partial charge >= 0.3 is 0 Å². The molecule has 1 unspecified atom stereocenters. The zero-order valence-corrected chi connectivity index (χ0v) is 13.1. The summed E-state index contributed by atoms with van der Waals surface area (Å²) in [5.74, 6) is 1.14. The van der Waals surface area contributed by atoms with E-state index in [9.17, 15) is 4.79 Å². The number of ether oxygens (including phenoxy) is 1. The molecule has 0 bridgehead atoms. The van der Waals surface area contributed by atoms with E-state index in [2.05, 4.69) is 21.4 Å². The van der Waals surface area contributed by atoms with Crippen LogP contribution in [0.25, 0.3) is 10.6 Å². The van der Waals surface area contributed by atoms with E-state index in [1.54, 1.807) is 11.3 Å². The van der Waals surface area contributed by atoms with Crippen molar-refractivity contribution in [3.8, 4) is 10.6 Å². The van der Waals surface area contributed by atoms with Gasteiger partial charge in [-0.25, -0.2) is 4.98 Å². The molecule has 2 aromatic rings. The van der Waals surface area contributed by atoms with Crippen molar-refractivity contribution in [1.82, 2.24) is 15.3 Å². The summed E-state index contributed by atoms with van der Waals surface area (Å²) in [6.45, 7) is 2.06. The van der Waals surface area contributed by atoms with Crippen molar-refractivity contribution >= 4 is 17.2 Å². The molecule has 0 radical (unpaired) electrons. The molecule has 1 aliphatic carbocycles. The Hall–Kier alpha value is -1.66. The monoisotopic (exact) mass is 317 g/mol. The van der Waals surface area contributed by atoms with Crippen LogP contribution in [0, 0.1) is 11.3 Å². The average molecular weight is 317 g/mol. The lowest BCUT2D eigenvalue weighted by Gasteiger charge is -2.22. The van der Waals surface area contributed by atoms with Crippen molar-refractivity contribution in [2.45, 2.75) is 25.8 Å². The number of hydrogen-bond acceptors (Lipinski definition) is 4. The highest BCUT2D eigenvalue weighted by molar-refractivity contribution is 7.13. The Morgan fingerprint density at radius 2 is 2.36 bits per heavy atom. The molecule has 4 rings (SSSR count). The number of carbonyl (C=O) groups excluding carboxylic acids is 1. The van der Waals surface area contributed by atoms with Crippen LogP contribution in [-0.4, -0.2) is 29.1 Å². The van der Waals surface area contributed by atoms with E-state index < -0.39 is 0 Å². The lowest BCUT2D eigenvalue weighted by atomic mass is 9.93. The molecule has 2 N–H and O–H groups in total. The largest absolute Gasteiger partial charge is 0.381 e. The molecule has 116 valence electrons. The first-order chi connectivity index (χ1) is 10.8. The molecule has 3 heterocycles. The van der Waals surface area contributed by atoms with Crippen LogP contribution in [0.5, 0.6) is 0 Å². The highest BCUT2D eigenvalue weighted by Gasteiger charge is 2.57. The number of aromatic nitrogens is 2. The molecule has 22 heavy (non-hydrogen) atoms. The minimum absolute atomic E-state index is 0.163. The van der Waals surface area contributed by atoms with E-state index in [0.29, 0.717) is 6.54 Å². The van der Waals surface area contributed by atoms with Crippen LogP contribution in [0.2, 0.25) is 0 Å². The maximum absolute atomic E-state index is 12.3. The summed E-state index contributed by atoms with van der Waals surface area (Å²) >= 11 is 1.67. The highest BCUT2D eigenvalue weighted by Crippen LogP contribution is 2.59. The normalized spacial score (nSPS) is 22.6. The van der Waals surface area contributed by atoms with Gasteiger partial charge in [0.1, 0.15) is 5.82 Å². The Balaban J connectivity index is 1.33. The molecule has 2 aromatic heterocycles. The summed E-state index contributed by atoms with van der Waals surface area (Å²) in [6.07, 6.45) is 4.88. The van der Waals surface area contributed by atoms with Crippen LogP contribution in [-0.2, 0) is 16.1 Å². The Morgan fingerprint density at radius 1 is 1.50 bits per heavy atom. The van der Waals surface area contributed by atoms with Crippen LogP contribution < -0.4 is 5.32 Å². The first-order valence-electron chi connectivity index (χ1n) is 7.70. The zero-order chi connectivity index (χ0) is 15.0. The fourth-order valence-electron chi connectivity index (χ4n) is 3.35. The fourth-order valence-corrected chi connectivity index (χ4v) is 4.04. The number of carbonyl (C=O) groups is 1. The number of imidazole rings is 1. The molecule has 1 amide bonds. The Labute approximate surface area is 133 Å². The van der Waals surface area contributed by atoms with Crippen molar-refractivity contribution in [1.29, 1.82) is 0 Å². The molecule has 1 saturated heterocycles. The second kappa shape index (κ2) is 5.52. The quantitative estimate of drug-likeness (QED) is 0.911. The molecule has 1 saturated carbocycles. The van der Waals surface area contributed by atoms with Gasteiger partial charge in [0.25, 0.3) is 0 Å². The number of amides is 1. The topological polar surface area (TPSA) is 67.0 Å². The van der Waals surface area contributed by atoms with Gasteiger partial charge in [-0.15, -0.1) is 11.3 Å². The van der Waals surface area contributed by atoms with Crippen LogP contribution >= 0.6 is 11.3 Å². The minimum atomic E-state index is 0.163. The molecule has 1 atom stereocenters. The molecular weight excluding hydrogens is 298 g/mol. The Bertz CT molecular complexity index is 659. The number of nitrogens with one attached hydrogen (secondary N) is 2. The maximum atomic E-state index is 12.3. The molecule has 2 aliphatic rings. The van der Waals surface area contributed by atoms with E-state index in [0.717, 1.165) is 48.9 Å². The summed E-state index contributed by atoms with van der Waals surface area (Å²) in [4.78, 5) is 21.1. The molecule has 5 nitrogen and oxygen atoms in total. The van der Waals surface area contributed by atoms with Crippen molar-refractivity contribution in [3.63, 3.8) is 0 Å². The lowest BCUT2D eigenvalue weighted by molar-refractivity contribution is -0.123. The first-order valence-corrected chi connectivity index (χ1v) is 8.58. The minimum Gasteiger partial charge on any atom is -0.381 e. The first kappa shape index (κ1) is 14.0. The summed E-state index contributed by atoms with van der Waals surface area (Å²) in [5.41, 5.74) is 1.24. The Morgan fingerprint density at radius 3 is 3.14 bits per heavy atom. The van der Waals surface area contributed by atoms with Gasteiger partial charge in [-0.3, -0.25) is 4.79 Å². The molecule has 1 spiro atoms. The van der Waals surface area contributed by atoms with Gasteiger partial charge in [0.05, 0.1) is 23.3 Å². The molecule has 0 aromatic carbocycles. The molecule has 1 aliphatic heterocycles. The number of thiophene rings is 1. The van der Waals surface area contributed by atoms with Gasteiger partial charge in [0.2, 0.25) is 5.91 Å².